The van der Waals surface area contributed by atoms with Gasteiger partial charge in [-0.1, -0.05) is 12.1 Å². The van der Waals surface area contributed by atoms with E-state index in [1.165, 1.54) is 7.11 Å². The van der Waals surface area contributed by atoms with Gasteiger partial charge in [-0.05, 0) is 42.7 Å². The van der Waals surface area contributed by atoms with Crippen molar-refractivity contribution < 1.29 is 18.7 Å². The number of likely N-dealkylation sites (tertiary alicyclic amines) is 1. The van der Waals surface area contributed by atoms with E-state index in [0.717, 1.165) is 61.9 Å². The normalized spacial score (nSPS) is 15.2. The lowest BCUT2D eigenvalue weighted by molar-refractivity contribution is -0.146. The number of guanidine groups is 1. The highest BCUT2D eigenvalue weighted by Gasteiger charge is 2.27. The Kier molecular flexibility index (Phi) is 7.55. The Bertz CT molecular complexity index is 779. The van der Waals surface area contributed by atoms with Crippen molar-refractivity contribution in [3.63, 3.8) is 0 Å². The molecular weight excluding hydrogens is 370 g/mol. The molecule has 0 saturated carbocycles. The summed E-state index contributed by atoms with van der Waals surface area (Å²) in [7, 11) is 3.11. The lowest BCUT2D eigenvalue weighted by atomic mass is 9.97. The van der Waals surface area contributed by atoms with Crippen LogP contribution in [0.2, 0.25) is 0 Å². The number of hydrogen-bond acceptors (Lipinski definition) is 5. The van der Waals surface area contributed by atoms with E-state index in [1.54, 1.807) is 13.4 Å². The molecule has 2 aromatic rings. The molecular formula is C22H29N3O4. The predicted molar refractivity (Wildman–Crippen MR) is 111 cm³/mol. The standard InChI is InChI=1S/C22H29N3O4/c1-27-19-7-5-17(6-8-19)16-24-22(23-12-9-20-4-3-15-29-20)25-13-10-18(11-14-25)21(26)28-2/h3-8,15,18H,9-14,16H2,1-2H3,(H,23,24). The molecule has 1 aliphatic rings. The molecule has 29 heavy (non-hydrogen) atoms. The fraction of sp³-hybridized carbons (Fsp3) is 0.455. The minimum absolute atomic E-state index is 0.0257. The fourth-order valence-corrected chi connectivity index (χ4v) is 3.41. The molecule has 1 N–H and O–H groups in total. The molecule has 7 nitrogen and oxygen atoms in total. The first-order chi connectivity index (χ1) is 14.2. The minimum Gasteiger partial charge on any atom is -0.497 e. The van der Waals surface area contributed by atoms with Crippen LogP contribution in [0.4, 0.5) is 0 Å². The van der Waals surface area contributed by atoms with Gasteiger partial charge in [-0.2, -0.15) is 0 Å². The summed E-state index contributed by atoms with van der Waals surface area (Å²) in [4.78, 5) is 18.8. The first kappa shape index (κ1) is 20.8. The highest BCUT2D eigenvalue weighted by Crippen LogP contribution is 2.19. The summed E-state index contributed by atoms with van der Waals surface area (Å²) in [5, 5.41) is 3.45. The summed E-state index contributed by atoms with van der Waals surface area (Å²) in [6.45, 7) is 2.85. The summed E-state index contributed by atoms with van der Waals surface area (Å²) in [5.41, 5.74) is 1.11. The van der Waals surface area contributed by atoms with E-state index in [1.807, 2.05) is 36.4 Å². The van der Waals surface area contributed by atoms with Crippen LogP contribution in [0, 0.1) is 5.92 Å². The largest absolute Gasteiger partial charge is 0.497 e. The zero-order valence-electron chi connectivity index (χ0n) is 17.1. The van der Waals surface area contributed by atoms with Crippen molar-refractivity contribution in [1.29, 1.82) is 0 Å². The van der Waals surface area contributed by atoms with Gasteiger partial charge in [0.2, 0.25) is 0 Å². The maximum absolute atomic E-state index is 11.8. The molecule has 3 rings (SSSR count). The molecule has 2 heterocycles. The van der Waals surface area contributed by atoms with Crippen LogP contribution in [0.5, 0.6) is 5.75 Å². The molecule has 0 radical (unpaired) electrons. The Labute approximate surface area is 171 Å². The van der Waals surface area contributed by atoms with Gasteiger partial charge >= 0.3 is 5.97 Å². The molecule has 1 saturated heterocycles. The number of piperidine rings is 1. The SMILES string of the molecule is COC(=O)C1CCN(C(=NCc2ccc(OC)cc2)NCCc2ccco2)CC1. The van der Waals surface area contributed by atoms with E-state index in [2.05, 4.69) is 10.2 Å². The van der Waals surface area contributed by atoms with Crippen LogP contribution in [0.25, 0.3) is 0 Å². The third-order valence-corrected chi connectivity index (χ3v) is 5.13. The third kappa shape index (κ3) is 6.01. The zero-order valence-corrected chi connectivity index (χ0v) is 17.1. The van der Waals surface area contributed by atoms with Gasteiger partial charge in [0.25, 0.3) is 0 Å². The molecule has 7 heteroatoms. The topological polar surface area (TPSA) is 76.3 Å². The Morgan fingerprint density at radius 1 is 1.21 bits per heavy atom. The number of furan rings is 1. The summed E-state index contributed by atoms with van der Waals surface area (Å²) in [6, 6.07) is 11.8. The molecule has 0 aliphatic carbocycles. The second kappa shape index (κ2) is 10.5. The van der Waals surface area contributed by atoms with E-state index in [0.29, 0.717) is 6.54 Å². The van der Waals surface area contributed by atoms with Crippen molar-refractivity contribution in [3.8, 4) is 5.75 Å². The van der Waals surface area contributed by atoms with Gasteiger partial charge in [0.05, 0.1) is 32.9 Å². The fourth-order valence-electron chi connectivity index (χ4n) is 3.41. The number of carbonyl (C=O) groups excluding carboxylic acids is 1. The number of hydrogen-bond donors (Lipinski definition) is 1. The molecule has 0 atom stereocenters. The second-order valence-electron chi connectivity index (χ2n) is 7.03. The average Bonchev–Trinajstić information content (AvgIpc) is 3.29. The second-order valence-corrected chi connectivity index (χ2v) is 7.03. The van der Waals surface area contributed by atoms with Gasteiger partial charge in [-0.25, -0.2) is 4.99 Å². The molecule has 1 aromatic heterocycles. The monoisotopic (exact) mass is 399 g/mol. The Balaban J connectivity index is 1.62. The van der Waals surface area contributed by atoms with Crippen molar-refractivity contribution in [2.24, 2.45) is 10.9 Å². The lowest BCUT2D eigenvalue weighted by Crippen LogP contribution is -2.47. The molecule has 0 amide bonds. The number of aliphatic imine (C=N–C) groups is 1. The Hall–Kier alpha value is -2.96. The number of methoxy groups -OCH3 is 2. The number of nitrogens with one attached hydrogen (secondary N) is 1. The molecule has 156 valence electrons. The van der Waals surface area contributed by atoms with E-state index in [-0.39, 0.29) is 11.9 Å². The van der Waals surface area contributed by atoms with Crippen LogP contribution < -0.4 is 10.1 Å². The zero-order chi connectivity index (χ0) is 20.5. The first-order valence-electron chi connectivity index (χ1n) is 9.96. The van der Waals surface area contributed by atoms with E-state index >= 15 is 0 Å². The van der Waals surface area contributed by atoms with Gasteiger partial charge in [-0.3, -0.25) is 4.79 Å². The highest BCUT2D eigenvalue weighted by molar-refractivity contribution is 5.80. The lowest BCUT2D eigenvalue weighted by Gasteiger charge is -2.33. The molecule has 0 bridgehead atoms. The van der Waals surface area contributed by atoms with Crippen LogP contribution in [0.15, 0.2) is 52.1 Å². The number of nitrogens with zero attached hydrogens (tertiary/aromatic N) is 2. The maximum atomic E-state index is 11.8. The van der Waals surface area contributed by atoms with Crippen LogP contribution in [0.3, 0.4) is 0 Å². The van der Waals surface area contributed by atoms with Crippen molar-refractivity contribution in [1.82, 2.24) is 10.2 Å². The van der Waals surface area contributed by atoms with Gasteiger partial charge in [0.1, 0.15) is 11.5 Å². The summed E-state index contributed by atoms with van der Waals surface area (Å²) >= 11 is 0. The number of benzene rings is 1. The van der Waals surface area contributed by atoms with Gasteiger partial charge < -0.3 is 24.1 Å². The molecule has 0 spiro atoms. The van der Waals surface area contributed by atoms with Gasteiger partial charge in [-0.15, -0.1) is 0 Å². The van der Waals surface area contributed by atoms with Crippen molar-refractivity contribution in [2.75, 3.05) is 33.9 Å². The minimum atomic E-state index is -0.118. The average molecular weight is 399 g/mol. The number of carbonyl (C=O) groups is 1. The predicted octanol–water partition coefficient (Wildman–Crippen LogP) is 2.86. The van der Waals surface area contributed by atoms with Crippen molar-refractivity contribution in [3.05, 3.63) is 54.0 Å². The summed E-state index contributed by atoms with van der Waals surface area (Å²) in [6.07, 6.45) is 4.01. The highest BCUT2D eigenvalue weighted by atomic mass is 16.5. The first-order valence-corrected chi connectivity index (χ1v) is 9.96. The van der Waals surface area contributed by atoms with E-state index in [4.69, 9.17) is 18.9 Å². The molecule has 0 unspecified atom stereocenters. The van der Waals surface area contributed by atoms with Crippen LogP contribution in [-0.2, 0) is 22.5 Å². The third-order valence-electron chi connectivity index (χ3n) is 5.13. The Morgan fingerprint density at radius 2 is 1.97 bits per heavy atom. The number of rotatable bonds is 7. The Morgan fingerprint density at radius 3 is 2.59 bits per heavy atom. The molecule has 1 aromatic carbocycles. The maximum Gasteiger partial charge on any atom is 0.308 e. The van der Waals surface area contributed by atoms with Crippen LogP contribution in [-0.4, -0.2) is 50.7 Å². The smallest absolute Gasteiger partial charge is 0.308 e. The number of ether oxygens (including phenoxy) is 2. The number of esters is 1. The van der Waals surface area contributed by atoms with Crippen molar-refractivity contribution in [2.45, 2.75) is 25.8 Å². The van der Waals surface area contributed by atoms with E-state index in [9.17, 15) is 4.79 Å². The van der Waals surface area contributed by atoms with Crippen LogP contribution >= 0.6 is 0 Å². The summed E-state index contributed by atoms with van der Waals surface area (Å²) in [5.74, 6) is 2.49. The van der Waals surface area contributed by atoms with E-state index < -0.39 is 0 Å². The van der Waals surface area contributed by atoms with Gasteiger partial charge in [0, 0.05) is 26.1 Å². The summed E-state index contributed by atoms with van der Waals surface area (Å²) < 4.78 is 15.5. The van der Waals surface area contributed by atoms with Crippen molar-refractivity contribution >= 4 is 11.9 Å². The molecule has 1 aliphatic heterocycles. The quantitative estimate of drug-likeness (QED) is 0.438. The van der Waals surface area contributed by atoms with Crippen LogP contribution in [0.1, 0.15) is 24.2 Å². The molecule has 1 fully saturated rings. The van der Waals surface area contributed by atoms with Gasteiger partial charge in [0.15, 0.2) is 5.96 Å².